The zero-order valence-corrected chi connectivity index (χ0v) is 11.9. The van der Waals surface area contributed by atoms with Gasteiger partial charge in [-0.3, -0.25) is 0 Å². The van der Waals surface area contributed by atoms with Crippen molar-refractivity contribution < 1.29 is 0 Å². The molecule has 0 nitrogen and oxygen atoms in total. The normalized spacial score (nSPS) is 47.1. The second kappa shape index (κ2) is 3.23. The summed E-state index contributed by atoms with van der Waals surface area (Å²) in [5.74, 6) is 2.89. The fraction of sp³-hybridized carbons (Fsp3) is 0.429. The number of benzene rings is 1. The predicted octanol–water partition coefficient (Wildman–Crippen LogP) is 4.21. The third-order valence-electron chi connectivity index (χ3n) is 4.55. The van der Waals surface area contributed by atoms with Crippen molar-refractivity contribution in [2.45, 2.75) is 21.5 Å². The van der Waals surface area contributed by atoms with Crippen LogP contribution in [0.15, 0.2) is 36.4 Å². The number of halogens is 2. The minimum atomic E-state index is 0.642. The van der Waals surface area contributed by atoms with E-state index in [9.17, 15) is 0 Å². The number of hydrogen-bond acceptors (Lipinski definition) is 0. The molecule has 82 valence electrons. The van der Waals surface area contributed by atoms with Crippen molar-refractivity contribution in [1.82, 2.24) is 0 Å². The van der Waals surface area contributed by atoms with E-state index in [2.05, 4.69) is 68.3 Å². The van der Waals surface area contributed by atoms with E-state index in [1.54, 1.807) is 11.1 Å². The summed E-state index contributed by atoms with van der Waals surface area (Å²) in [6.45, 7) is 0. The van der Waals surface area contributed by atoms with E-state index in [-0.39, 0.29) is 0 Å². The molecule has 6 unspecified atom stereocenters. The Hall–Kier alpha value is -0.0800. The van der Waals surface area contributed by atoms with Gasteiger partial charge in [0, 0.05) is 21.5 Å². The molecule has 0 spiro atoms. The molecule has 0 heterocycles. The van der Waals surface area contributed by atoms with Crippen LogP contribution in [0.25, 0.3) is 0 Å². The van der Waals surface area contributed by atoms with Gasteiger partial charge in [-0.05, 0) is 23.0 Å². The molecule has 16 heavy (non-hydrogen) atoms. The Morgan fingerprint density at radius 3 is 1.62 bits per heavy atom. The highest BCUT2D eigenvalue weighted by Crippen LogP contribution is 2.63. The van der Waals surface area contributed by atoms with Crippen LogP contribution < -0.4 is 0 Å². The molecular formula is C14H12Br2. The molecule has 4 aliphatic rings. The van der Waals surface area contributed by atoms with Gasteiger partial charge in [0.2, 0.25) is 0 Å². The summed E-state index contributed by atoms with van der Waals surface area (Å²) in [6, 6.07) is 8.98. The van der Waals surface area contributed by atoms with Gasteiger partial charge in [-0.15, -0.1) is 0 Å². The lowest BCUT2D eigenvalue weighted by Crippen LogP contribution is -2.57. The van der Waals surface area contributed by atoms with Crippen LogP contribution in [0.5, 0.6) is 0 Å². The SMILES string of the molecule is BrC1C(Br)C2C3C=CC(c4ccccc43)C12. The van der Waals surface area contributed by atoms with Gasteiger partial charge in [-0.25, -0.2) is 0 Å². The fourth-order valence-electron chi connectivity index (χ4n) is 3.81. The molecule has 0 saturated heterocycles. The average molecular weight is 340 g/mol. The summed E-state index contributed by atoms with van der Waals surface area (Å²) in [4.78, 5) is 1.28. The maximum Gasteiger partial charge on any atom is 0.0314 e. The van der Waals surface area contributed by atoms with Crippen LogP contribution in [0, 0.1) is 11.8 Å². The van der Waals surface area contributed by atoms with Crippen LogP contribution in [0.3, 0.4) is 0 Å². The second-order valence-corrected chi connectivity index (χ2v) is 7.22. The molecule has 1 fully saturated rings. The first-order chi connectivity index (χ1) is 7.79. The van der Waals surface area contributed by atoms with E-state index >= 15 is 0 Å². The Balaban J connectivity index is 1.90. The molecule has 2 bridgehead atoms. The van der Waals surface area contributed by atoms with Crippen molar-refractivity contribution in [3.8, 4) is 0 Å². The quantitative estimate of drug-likeness (QED) is 0.490. The zero-order chi connectivity index (χ0) is 10.9. The van der Waals surface area contributed by atoms with Gasteiger partial charge < -0.3 is 0 Å². The summed E-state index contributed by atoms with van der Waals surface area (Å²) in [5.41, 5.74) is 3.14. The smallest absolute Gasteiger partial charge is 0.0314 e. The second-order valence-electron chi connectivity index (χ2n) is 5.11. The summed E-state index contributed by atoms with van der Waals surface area (Å²) >= 11 is 7.68. The summed E-state index contributed by atoms with van der Waals surface area (Å²) in [6.07, 6.45) is 4.86. The number of hydrogen-bond donors (Lipinski definition) is 0. The minimum absolute atomic E-state index is 0.642. The fourth-order valence-corrected chi connectivity index (χ4v) is 5.88. The molecule has 1 aromatic rings. The van der Waals surface area contributed by atoms with Crippen LogP contribution in [0.2, 0.25) is 0 Å². The summed E-state index contributed by atoms with van der Waals surface area (Å²) in [5, 5.41) is 0. The molecule has 5 rings (SSSR count). The average Bonchev–Trinajstić information content (AvgIpc) is 2.37. The molecule has 0 aliphatic heterocycles. The van der Waals surface area contributed by atoms with E-state index < -0.39 is 0 Å². The van der Waals surface area contributed by atoms with Crippen LogP contribution >= 0.6 is 31.9 Å². The van der Waals surface area contributed by atoms with Crippen LogP contribution in [0.1, 0.15) is 23.0 Å². The third-order valence-corrected chi connectivity index (χ3v) is 7.62. The molecule has 0 amide bonds. The lowest BCUT2D eigenvalue weighted by Gasteiger charge is -2.58. The molecule has 1 saturated carbocycles. The predicted molar refractivity (Wildman–Crippen MR) is 73.5 cm³/mol. The first-order valence-corrected chi connectivity index (χ1v) is 7.67. The number of allylic oxidation sites excluding steroid dienone is 2. The maximum atomic E-state index is 3.84. The van der Waals surface area contributed by atoms with Gasteiger partial charge in [-0.2, -0.15) is 0 Å². The Kier molecular flexibility index (Phi) is 2.00. The van der Waals surface area contributed by atoms with Gasteiger partial charge in [-0.1, -0.05) is 68.3 Å². The van der Waals surface area contributed by atoms with E-state index in [0.717, 1.165) is 11.8 Å². The van der Waals surface area contributed by atoms with Crippen molar-refractivity contribution in [2.24, 2.45) is 11.8 Å². The standard InChI is InChI=1S/C14H12Br2/c15-13-11-9-5-6-10(12(11)14(13)16)8-4-2-1-3-7(8)9/h1-6,9-14H. The van der Waals surface area contributed by atoms with Crippen molar-refractivity contribution in [2.75, 3.05) is 0 Å². The lowest BCUT2D eigenvalue weighted by atomic mass is 9.51. The van der Waals surface area contributed by atoms with Gasteiger partial charge in [0.05, 0.1) is 0 Å². The minimum Gasteiger partial charge on any atom is -0.0875 e. The Morgan fingerprint density at radius 2 is 1.19 bits per heavy atom. The monoisotopic (exact) mass is 338 g/mol. The molecule has 6 atom stereocenters. The van der Waals surface area contributed by atoms with Crippen molar-refractivity contribution in [3.63, 3.8) is 0 Å². The first kappa shape index (κ1) is 9.90. The highest BCUT2D eigenvalue weighted by Gasteiger charge is 2.58. The van der Waals surface area contributed by atoms with Gasteiger partial charge in [0.25, 0.3) is 0 Å². The first-order valence-electron chi connectivity index (χ1n) is 5.84. The highest BCUT2D eigenvalue weighted by molar-refractivity contribution is 9.12. The van der Waals surface area contributed by atoms with Crippen LogP contribution in [-0.4, -0.2) is 9.65 Å². The van der Waals surface area contributed by atoms with Crippen molar-refractivity contribution in [3.05, 3.63) is 47.5 Å². The van der Waals surface area contributed by atoms with Crippen LogP contribution in [-0.2, 0) is 0 Å². The van der Waals surface area contributed by atoms with E-state index in [1.165, 1.54) is 0 Å². The summed E-state index contributed by atoms with van der Waals surface area (Å²) < 4.78 is 0. The van der Waals surface area contributed by atoms with E-state index in [0.29, 0.717) is 21.5 Å². The van der Waals surface area contributed by atoms with Crippen LogP contribution in [0.4, 0.5) is 0 Å². The zero-order valence-electron chi connectivity index (χ0n) is 8.68. The number of rotatable bonds is 0. The lowest BCUT2D eigenvalue weighted by molar-refractivity contribution is 0.144. The molecular weight excluding hydrogens is 328 g/mol. The molecule has 0 aromatic heterocycles. The molecule has 0 N–H and O–H groups in total. The van der Waals surface area contributed by atoms with Gasteiger partial charge in [0.15, 0.2) is 0 Å². The topological polar surface area (TPSA) is 0 Å². The third kappa shape index (κ3) is 1.01. The highest BCUT2D eigenvalue weighted by atomic mass is 79.9. The van der Waals surface area contributed by atoms with Crippen molar-refractivity contribution >= 4 is 31.9 Å². The van der Waals surface area contributed by atoms with Gasteiger partial charge in [0.1, 0.15) is 0 Å². The van der Waals surface area contributed by atoms with E-state index in [1.807, 2.05) is 0 Å². The maximum absolute atomic E-state index is 3.84. The van der Waals surface area contributed by atoms with Gasteiger partial charge >= 0.3 is 0 Å². The van der Waals surface area contributed by atoms with Crippen molar-refractivity contribution in [1.29, 1.82) is 0 Å². The number of alkyl halides is 2. The largest absolute Gasteiger partial charge is 0.0875 e. The summed E-state index contributed by atoms with van der Waals surface area (Å²) in [7, 11) is 0. The Morgan fingerprint density at radius 1 is 0.750 bits per heavy atom. The van der Waals surface area contributed by atoms with E-state index in [4.69, 9.17) is 0 Å². The Labute approximate surface area is 112 Å². The Bertz CT molecular complexity index is 436. The molecule has 0 radical (unpaired) electrons. The molecule has 4 aliphatic carbocycles. The molecule has 2 heteroatoms. The molecule has 1 aromatic carbocycles.